The van der Waals surface area contributed by atoms with Crippen LogP contribution in [0.5, 0.6) is 0 Å². The Hall–Kier alpha value is -2.43. The molecule has 22 heavy (non-hydrogen) atoms. The van der Waals surface area contributed by atoms with Crippen LogP contribution in [-0.2, 0) is 0 Å². The van der Waals surface area contributed by atoms with E-state index in [-0.39, 0.29) is 5.91 Å². The number of anilines is 2. The van der Waals surface area contributed by atoms with Crippen molar-refractivity contribution in [1.82, 2.24) is 9.97 Å². The van der Waals surface area contributed by atoms with Crippen LogP contribution < -0.4 is 10.6 Å². The number of nitrogens with one attached hydrogen (secondary N) is 2. The molecule has 0 spiro atoms. The molecule has 0 radical (unpaired) electrons. The zero-order chi connectivity index (χ0) is 15.9. The van der Waals surface area contributed by atoms with Gasteiger partial charge in [0, 0.05) is 12.2 Å². The van der Waals surface area contributed by atoms with Crippen LogP contribution in [0, 0.1) is 12.8 Å². The minimum atomic E-state index is -0.254. The van der Waals surface area contributed by atoms with E-state index in [2.05, 4.69) is 34.4 Å². The lowest BCUT2D eigenvalue weighted by molar-refractivity contribution is 0.102. The molecule has 5 nitrogen and oxygen atoms in total. The molecular weight excluding hydrogens is 276 g/mol. The zero-order valence-electron chi connectivity index (χ0n) is 13.3. The normalized spacial score (nSPS) is 10.5. The Labute approximate surface area is 131 Å². The Balaban J connectivity index is 1.95. The smallest absolute Gasteiger partial charge is 0.275 e. The van der Waals surface area contributed by atoms with E-state index in [1.165, 1.54) is 6.20 Å². The first kappa shape index (κ1) is 15.9. The topological polar surface area (TPSA) is 66.9 Å². The molecule has 2 N–H and O–H groups in total. The lowest BCUT2D eigenvalue weighted by Crippen LogP contribution is -2.15. The molecule has 0 aliphatic carbocycles. The van der Waals surface area contributed by atoms with Crippen LogP contribution in [0.4, 0.5) is 11.5 Å². The molecular formula is C17H22N4O. The van der Waals surface area contributed by atoms with E-state index in [0.29, 0.717) is 17.4 Å². The second-order valence-corrected chi connectivity index (χ2v) is 5.67. The van der Waals surface area contributed by atoms with E-state index in [0.717, 1.165) is 24.2 Å². The number of para-hydroxylation sites is 1. The van der Waals surface area contributed by atoms with Gasteiger partial charge in [0.15, 0.2) is 0 Å². The minimum Gasteiger partial charge on any atom is -0.369 e. The lowest BCUT2D eigenvalue weighted by Gasteiger charge is -2.09. The zero-order valence-corrected chi connectivity index (χ0v) is 13.3. The van der Waals surface area contributed by atoms with E-state index in [9.17, 15) is 4.79 Å². The molecule has 0 bridgehead atoms. The summed E-state index contributed by atoms with van der Waals surface area (Å²) in [6.07, 6.45) is 4.15. The minimum absolute atomic E-state index is 0.254. The molecule has 0 saturated heterocycles. The van der Waals surface area contributed by atoms with Crippen molar-refractivity contribution < 1.29 is 4.79 Å². The van der Waals surface area contributed by atoms with Crippen LogP contribution in [0.3, 0.4) is 0 Å². The number of amides is 1. The third-order valence-electron chi connectivity index (χ3n) is 3.31. The molecule has 0 unspecified atom stereocenters. The predicted molar refractivity (Wildman–Crippen MR) is 89.1 cm³/mol. The number of aryl methyl sites for hydroxylation is 1. The van der Waals surface area contributed by atoms with Gasteiger partial charge in [-0.1, -0.05) is 32.0 Å². The van der Waals surface area contributed by atoms with E-state index >= 15 is 0 Å². The van der Waals surface area contributed by atoms with Crippen LogP contribution in [0.1, 0.15) is 36.3 Å². The first-order valence-corrected chi connectivity index (χ1v) is 7.49. The molecule has 1 heterocycles. The molecule has 1 aromatic heterocycles. The average molecular weight is 298 g/mol. The molecule has 0 aliphatic heterocycles. The summed E-state index contributed by atoms with van der Waals surface area (Å²) in [5, 5.41) is 6.04. The van der Waals surface area contributed by atoms with Gasteiger partial charge in [0.2, 0.25) is 0 Å². The maximum atomic E-state index is 12.1. The molecule has 5 heteroatoms. The third kappa shape index (κ3) is 4.55. The SMILES string of the molecule is Cc1ccccc1NC(=O)c1cnc(NCCC(C)C)cn1. The molecule has 2 aromatic rings. The number of nitrogens with zero attached hydrogens (tertiary/aromatic N) is 2. The second-order valence-electron chi connectivity index (χ2n) is 5.67. The van der Waals surface area contributed by atoms with Gasteiger partial charge in [-0.2, -0.15) is 0 Å². The maximum absolute atomic E-state index is 12.1. The van der Waals surface area contributed by atoms with Crippen LogP contribution in [-0.4, -0.2) is 22.4 Å². The van der Waals surface area contributed by atoms with Crippen molar-refractivity contribution in [1.29, 1.82) is 0 Å². The van der Waals surface area contributed by atoms with E-state index in [4.69, 9.17) is 0 Å². The highest BCUT2D eigenvalue weighted by molar-refractivity contribution is 6.03. The van der Waals surface area contributed by atoms with Gasteiger partial charge in [-0.05, 0) is 30.9 Å². The van der Waals surface area contributed by atoms with Crippen molar-refractivity contribution in [3.8, 4) is 0 Å². The van der Waals surface area contributed by atoms with Crippen LogP contribution in [0.25, 0.3) is 0 Å². The highest BCUT2D eigenvalue weighted by atomic mass is 16.1. The van der Waals surface area contributed by atoms with Crippen molar-refractivity contribution in [2.24, 2.45) is 5.92 Å². The van der Waals surface area contributed by atoms with Gasteiger partial charge in [0.25, 0.3) is 5.91 Å². The highest BCUT2D eigenvalue weighted by Gasteiger charge is 2.09. The van der Waals surface area contributed by atoms with Gasteiger partial charge >= 0.3 is 0 Å². The van der Waals surface area contributed by atoms with Crippen LogP contribution in [0.2, 0.25) is 0 Å². The van der Waals surface area contributed by atoms with Gasteiger partial charge in [0.05, 0.1) is 12.4 Å². The number of hydrogen-bond acceptors (Lipinski definition) is 4. The summed E-state index contributed by atoms with van der Waals surface area (Å²) in [6.45, 7) is 7.14. The summed E-state index contributed by atoms with van der Waals surface area (Å²) < 4.78 is 0. The number of hydrogen-bond donors (Lipinski definition) is 2. The Morgan fingerprint density at radius 3 is 2.59 bits per heavy atom. The summed E-state index contributed by atoms with van der Waals surface area (Å²) in [5.74, 6) is 1.07. The van der Waals surface area contributed by atoms with Gasteiger partial charge < -0.3 is 10.6 Å². The molecule has 0 aliphatic rings. The first-order valence-electron chi connectivity index (χ1n) is 7.49. The molecule has 0 saturated carbocycles. The number of benzene rings is 1. The molecule has 0 fully saturated rings. The van der Waals surface area contributed by atoms with Gasteiger partial charge in [0.1, 0.15) is 11.5 Å². The van der Waals surface area contributed by atoms with Gasteiger partial charge in [-0.3, -0.25) is 4.79 Å². The summed E-state index contributed by atoms with van der Waals surface area (Å²) in [5.41, 5.74) is 2.10. The number of carbonyl (C=O) groups excluding carboxylic acids is 1. The third-order valence-corrected chi connectivity index (χ3v) is 3.31. The summed E-state index contributed by atoms with van der Waals surface area (Å²) >= 11 is 0. The summed E-state index contributed by atoms with van der Waals surface area (Å²) in [7, 11) is 0. The van der Waals surface area contributed by atoms with Crippen molar-refractivity contribution in [2.75, 3.05) is 17.2 Å². The Morgan fingerprint density at radius 1 is 1.18 bits per heavy atom. The van der Waals surface area contributed by atoms with Crippen LogP contribution >= 0.6 is 0 Å². The predicted octanol–water partition coefficient (Wildman–Crippen LogP) is 3.50. The van der Waals surface area contributed by atoms with E-state index < -0.39 is 0 Å². The van der Waals surface area contributed by atoms with Crippen molar-refractivity contribution in [3.05, 3.63) is 47.9 Å². The van der Waals surface area contributed by atoms with Crippen molar-refractivity contribution in [3.63, 3.8) is 0 Å². The van der Waals surface area contributed by atoms with E-state index in [1.807, 2.05) is 31.2 Å². The Kier molecular flexibility index (Phi) is 5.47. The number of aromatic nitrogens is 2. The van der Waals surface area contributed by atoms with Crippen LogP contribution in [0.15, 0.2) is 36.7 Å². The number of carbonyl (C=O) groups is 1. The molecule has 2 rings (SSSR count). The quantitative estimate of drug-likeness (QED) is 0.856. The van der Waals surface area contributed by atoms with Gasteiger partial charge in [-0.25, -0.2) is 9.97 Å². The molecule has 1 amide bonds. The molecule has 1 aromatic carbocycles. The average Bonchev–Trinajstić information content (AvgIpc) is 2.50. The highest BCUT2D eigenvalue weighted by Crippen LogP contribution is 2.14. The van der Waals surface area contributed by atoms with E-state index in [1.54, 1.807) is 6.20 Å². The summed E-state index contributed by atoms with van der Waals surface area (Å²) in [4.78, 5) is 20.5. The second kappa shape index (κ2) is 7.54. The molecule has 116 valence electrons. The first-order chi connectivity index (χ1) is 10.6. The number of rotatable bonds is 6. The monoisotopic (exact) mass is 298 g/mol. The lowest BCUT2D eigenvalue weighted by atomic mass is 10.1. The maximum Gasteiger partial charge on any atom is 0.275 e. The fraction of sp³-hybridized carbons (Fsp3) is 0.353. The van der Waals surface area contributed by atoms with Crippen molar-refractivity contribution >= 4 is 17.4 Å². The van der Waals surface area contributed by atoms with Crippen molar-refractivity contribution in [2.45, 2.75) is 27.2 Å². The molecule has 0 atom stereocenters. The largest absolute Gasteiger partial charge is 0.369 e. The Morgan fingerprint density at radius 2 is 1.95 bits per heavy atom. The van der Waals surface area contributed by atoms with Gasteiger partial charge in [-0.15, -0.1) is 0 Å². The fourth-order valence-corrected chi connectivity index (χ4v) is 1.92. The summed E-state index contributed by atoms with van der Waals surface area (Å²) in [6, 6.07) is 7.63. The Bertz CT molecular complexity index is 623. The standard InChI is InChI=1S/C17H22N4O/c1-12(2)8-9-18-16-11-19-15(10-20-16)17(22)21-14-7-5-4-6-13(14)3/h4-7,10-12H,8-9H2,1-3H3,(H,18,20)(H,21,22). The fourth-order valence-electron chi connectivity index (χ4n) is 1.92.